The summed E-state index contributed by atoms with van der Waals surface area (Å²) in [5, 5.41) is 12.2. The van der Waals surface area contributed by atoms with Gasteiger partial charge in [-0.05, 0) is 19.8 Å². The van der Waals surface area contributed by atoms with Gasteiger partial charge in [0, 0.05) is 25.7 Å². The number of carbonyl (C=O) groups is 1. The Hall–Kier alpha value is -1.12. The number of morpholine rings is 1. The molecule has 1 saturated heterocycles. The van der Waals surface area contributed by atoms with Crippen molar-refractivity contribution in [1.82, 2.24) is 10.2 Å². The van der Waals surface area contributed by atoms with Gasteiger partial charge < -0.3 is 10.1 Å². The number of nitrogens with zero attached hydrogens (tertiary/aromatic N) is 2. The molecule has 0 radical (unpaired) electrons. The van der Waals surface area contributed by atoms with Crippen LogP contribution >= 0.6 is 0 Å². The van der Waals surface area contributed by atoms with Crippen molar-refractivity contribution in [2.45, 2.75) is 38.6 Å². The van der Waals surface area contributed by atoms with Crippen molar-refractivity contribution < 1.29 is 9.53 Å². The average molecular weight is 265 g/mol. The van der Waals surface area contributed by atoms with Crippen molar-refractivity contribution in [1.29, 1.82) is 5.26 Å². The van der Waals surface area contributed by atoms with Crippen LogP contribution in [0.1, 0.15) is 32.6 Å². The van der Waals surface area contributed by atoms with Gasteiger partial charge in [-0.15, -0.1) is 0 Å². The minimum absolute atomic E-state index is 0.0763. The minimum atomic E-state index is -0.759. The summed E-state index contributed by atoms with van der Waals surface area (Å²) in [5.74, 6) is -0.0763. The summed E-state index contributed by atoms with van der Waals surface area (Å²) < 4.78 is 5.32. The lowest BCUT2D eigenvalue weighted by atomic mass is 9.87. The van der Waals surface area contributed by atoms with E-state index < -0.39 is 5.41 Å². The zero-order valence-electron chi connectivity index (χ0n) is 11.7. The quantitative estimate of drug-likeness (QED) is 0.820. The molecule has 19 heavy (non-hydrogen) atoms. The molecule has 1 amide bonds. The molecule has 1 atom stereocenters. The number of hydrogen-bond donors (Lipinski definition) is 1. The Bertz CT molecular complexity index is 352. The Morgan fingerprint density at radius 2 is 2.05 bits per heavy atom. The molecular weight excluding hydrogens is 242 g/mol. The number of carbonyl (C=O) groups excluding carboxylic acids is 1. The largest absolute Gasteiger partial charge is 0.379 e. The molecule has 0 spiro atoms. The standard InChI is InChI=1S/C14H23N3O2/c1-12(17-6-8-19-9-7-17)10-16-13(18)14(11-15)4-2-3-5-14/h12H,2-10H2,1H3,(H,16,18). The fourth-order valence-corrected chi connectivity index (χ4v) is 2.93. The molecule has 106 valence electrons. The predicted octanol–water partition coefficient (Wildman–Crippen LogP) is 0.907. The molecule has 0 aromatic heterocycles. The molecule has 1 saturated carbocycles. The van der Waals surface area contributed by atoms with Crippen LogP contribution in [0, 0.1) is 16.7 Å². The Kier molecular flexibility index (Phi) is 4.78. The molecule has 5 nitrogen and oxygen atoms in total. The highest BCUT2D eigenvalue weighted by Gasteiger charge is 2.41. The zero-order chi connectivity index (χ0) is 13.7. The van der Waals surface area contributed by atoms with Crippen molar-refractivity contribution in [3.63, 3.8) is 0 Å². The highest BCUT2D eigenvalue weighted by atomic mass is 16.5. The van der Waals surface area contributed by atoms with Gasteiger partial charge >= 0.3 is 0 Å². The lowest BCUT2D eigenvalue weighted by molar-refractivity contribution is -0.128. The monoisotopic (exact) mass is 265 g/mol. The van der Waals surface area contributed by atoms with Gasteiger partial charge in [0.2, 0.25) is 5.91 Å². The summed E-state index contributed by atoms with van der Waals surface area (Å²) in [6.07, 6.45) is 3.39. The highest BCUT2D eigenvalue weighted by molar-refractivity contribution is 5.85. The van der Waals surface area contributed by atoms with Gasteiger partial charge in [-0.1, -0.05) is 12.8 Å². The van der Waals surface area contributed by atoms with E-state index in [1.54, 1.807) is 0 Å². The molecule has 1 aliphatic heterocycles. The molecule has 5 heteroatoms. The lowest BCUT2D eigenvalue weighted by Crippen LogP contribution is -2.49. The number of ether oxygens (including phenoxy) is 1. The van der Waals surface area contributed by atoms with Gasteiger partial charge in [-0.2, -0.15) is 5.26 Å². The second-order valence-electron chi connectivity index (χ2n) is 5.61. The van der Waals surface area contributed by atoms with E-state index in [1.807, 2.05) is 0 Å². The molecule has 0 aromatic carbocycles. The first-order valence-electron chi connectivity index (χ1n) is 7.19. The van der Waals surface area contributed by atoms with Crippen LogP contribution < -0.4 is 5.32 Å². The third-order valence-corrected chi connectivity index (χ3v) is 4.33. The lowest BCUT2D eigenvalue weighted by Gasteiger charge is -2.32. The first-order valence-corrected chi connectivity index (χ1v) is 7.19. The van der Waals surface area contributed by atoms with Crippen molar-refractivity contribution in [3.8, 4) is 6.07 Å². The van der Waals surface area contributed by atoms with Crippen LogP contribution in [0.2, 0.25) is 0 Å². The molecule has 1 heterocycles. The molecule has 2 aliphatic rings. The molecule has 2 rings (SSSR count). The van der Waals surface area contributed by atoms with Crippen LogP contribution in [0.4, 0.5) is 0 Å². The molecule has 2 fully saturated rings. The number of hydrogen-bond acceptors (Lipinski definition) is 4. The Balaban J connectivity index is 1.81. The summed E-state index contributed by atoms with van der Waals surface area (Å²) in [6, 6.07) is 2.53. The van der Waals surface area contributed by atoms with Gasteiger partial charge in [-0.25, -0.2) is 0 Å². The predicted molar refractivity (Wildman–Crippen MR) is 71.4 cm³/mol. The summed E-state index contributed by atoms with van der Waals surface area (Å²) in [5.41, 5.74) is -0.759. The number of amides is 1. The molecule has 1 unspecified atom stereocenters. The van der Waals surface area contributed by atoms with E-state index in [2.05, 4.69) is 23.2 Å². The normalized spacial score (nSPS) is 24.6. The number of nitriles is 1. The smallest absolute Gasteiger partial charge is 0.240 e. The van der Waals surface area contributed by atoms with E-state index in [0.717, 1.165) is 39.1 Å². The van der Waals surface area contributed by atoms with Gasteiger partial charge in [-0.3, -0.25) is 9.69 Å². The van der Waals surface area contributed by atoms with Gasteiger partial charge in [0.25, 0.3) is 0 Å². The molecule has 0 aromatic rings. The number of rotatable bonds is 4. The summed E-state index contributed by atoms with van der Waals surface area (Å²) in [7, 11) is 0. The zero-order valence-corrected chi connectivity index (χ0v) is 11.7. The van der Waals surface area contributed by atoms with E-state index in [9.17, 15) is 10.1 Å². The first kappa shape index (κ1) is 14.3. The van der Waals surface area contributed by atoms with Gasteiger partial charge in [0.1, 0.15) is 5.41 Å². The average Bonchev–Trinajstić information content (AvgIpc) is 2.95. The van der Waals surface area contributed by atoms with Crippen LogP contribution in [0.15, 0.2) is 0 Å². The Morgan fingerprint density at radius 1 is 1.42 bits per heavy atom. The molecule has 1 aliphatic carbocycles. The van der Waals surface area contributed by atoms with E-state index in [0.29, 0.717) is 25.4 Å². The Morgan fingerprint density at radius 3 is 2.63 bits per heavy atom. The highest BCUT2D eigenvalue weighted by Crippen LogP contribution is 2.37. The van der Waals surface area contributed by atoms with Crippen molar-refractivity contribution >= 4 is 5.91 Å². The number of nitrogens with one attached hydrogen (secondary N) is 1. The fourth-order valence-electron chi connectivity index (χ4n) is 2.93. The van der Waals surface area contributed by atoms with E-state index >= 15 is 0 Å². The topological polar surface area (TPSA) is 65.4 Å². The van der Waals surface area contributed by atoms with Crippen LogP contribution in [0.25, 0.3) is 0 Å². The van der Waals surface area contributed by atoms with Crippen LogP contribution in [-0.2, 0) is 9.53 Å². The van der Waals surface area contributed by atoms with E-state index in [4.69, 9.17) is 4.74 Å². The maximum atomic E-state index is 12.2. The van der Waals surface area contributed by atoms with Gasteiger partial charge in [0.05, 0.1) is 19.3 Å². The summed E-state index contributed by atoms with van der Waals surface area (Å²) in [4.78, 5) is 14.5. The summed E-state index contributed by atoms with van der Waals surface area (Å²) >= 11 is 0. The van der Waals surface area contributed by atoms with Crippen molar-refractivity contribution in [2.75, 3.05) is 32.8 Å². The van der Waals surface area contributed by atoms with Gasteiger partial charge in [0.15, 0.2) is 0 Å². The summed E-state index contributed by atoms with van der Waals surface area (Å²) in [6.45, 7) is 6.09. The third kappa shape index (κ3) is 3.26. The van der Waals surface area contributed by atoms with E-state index in [1.165, 1.54) is 0 Å². The second-order valence-corrected chi connectivity index (χ2v) is 5.61. The van der Waals surface area contributed by atoms with Crippen molar-refractivity contribution in [2.24, 2.45) is 5.41 Å². The SMILES string of the molecule is CC(CNC(=O)C1(C#N)CCCC1)N1CCOCC1. The van der Waals surface area contributed by atoms with Crippen LogP contribution in [0.3, 0.4) is 0 Å². The molecular formula is C14H23N3O2. The van der Waals surface area contributed by atoms with Crippen LogP contribution in [0.5, 0.6) is 0 Å². The Labute approximate surface area is 114 Å². The molecule has 0 bridgehead atoms. The first-order chi connectivity index (χ1) is 9.18. The fraction of sp³-hybridized carbons (Fsp3) is 0.857. The third-order valence-electron chi connectivity index (χ3n) is 4.33. The maximum absolute atomic E-state index is 12.2. The van der Waals surface area contributed by atoms with Crippen molar-refractivity contribution in [3.05, 3.63) is 0 Å². The van der Waals surface area contributed by atoms with Crippen LogP contribution in [-0.4, -0.2) is 49.7 Å². The molecule has 1 N–H and O–H groups in total. The second kappa shape index (κ2) is 6.36. The van der Waals surface area contributed by atoms with E-state index in [-0.39, 0.29) is 5.91 Å². The minimum Gasteiger partial charge on any atom is -0.379 e. The maximum Gasteiger partial charge on any atom is 0.240 e.